The molecule has 0 spiro atoms. The molecule has 1 atom stereocenters. The first kappa shape index (κ1) is 20.2. The van der Waals surface area contributed by atoms with E-state index in [-0.39, 0.29) is 11.9 Å². The van der Waals surface area contributed by atoms with E-state index < -0.39 is 0 Å². The van der Waals surface area contributed by atoms with Crippen molar-refractivity contribution < 1.29 is 4.79 Å². The van der Waals surface area contributed by atoms with Crippen LogP contribution in [0.25, 0.3) is 0 Å². The molecule has 0 bridgehead atoms. The summed E-state index contributed by atoms with van der Waals surface area (Å²) in [5.74, 6) is 0.356. The topological polar surface area (TPSA) is 64.9 Å². The number of carbonyl (C=O) groups is 1. The molecule has 1 amide bonds. The van der Waals surface area contributed by atoms with Crippen LogP contribution in [0.1, 0.15) is 56.3 Å². The number of hydrogen-bond acceptors (Lipinski definition) is 4. The molecule has 0 saturated heterocycles. The largest absolute Gasteiger partial charge is 0.317 e. The molecule has 4 nitrogen and oxygen atoms in total. The second-order valence-corrected chi connectivity index (χ2v) is 7.66. The smallest absolute Gasteiger partial charge is 0.226 e. The molecule has 2 rings (SSSR count). The summed E-state index contributed by atoms with van der Waals surface area (Å²) in [5.41, 5.74) is 3.14. The lowest BCUT2D eigenvalue weighted by molar-refractivity contribution is -0.116. The van der Waals surface area contributed by atoms with Crippen molar-refractivity contribution in [3.05, 3.63) is 52.4 Å². The van der Waals surface area contributed by atoms with Gasteiger partial charge in [-0.1, -0.05) is 51.5 Å². The molecule has 0 aliphatic rings. The number of hydrogen-bond donors (Lipinski definition) is 2. The summed E-state index contributed by atoms with van der Waals surface area (Å²) < 4.78 is 0. The summed E-state index contributed by atoms with van der Waals surface area (Å²) in [7, 11) is 0. The molecule has 0 saturated carbocycles. The van der Waals surface area contributed by atoms with Crippen LogP contribution in [0.4, 0.5) is 5.00 Å². The van der Waals surface area contributed by atoms with Crippen LogP contribution in [-0.4, -0.2) is 12.5 Å². The van der Waals surface area contributed by atoms with Gasteiger partial charge in [-0.2, -0.15) is 5.26 Å². The maximum absolute atomic E-state index is 12.1. The second kappa shape index (κ2) is 10.1. The summed E-state index contributed by atoms with van der Waals surface area (Å²) in [6, 6.07) is 12.8. The van der Waals surface area contributed by atoms with Crippen LogP contribution in [0.2, 0.25) is 0 Å². The van der Waals surface area contributed by atoms with Gasteiger partial charge in [0.2, 0.25) is 5.91 Å². The maximum Gasteiger partial charge on any atom is 0.226 e. The summed E-state index contributed by atoms with van der Waals surface area (Å²) in [4.78, 5) is 12.1. The molecule has 1 aromatic carbocycles. The maximum atomic E-state index is 12.1. The molecule has 26 heavy (non-hydrogen) atoms. The third-order valence-electron chi connectivity index (χ3n) is 4.30. The Balaban J connectivity index is 1.88. The summed E-state index contributed by atoms with van der Waals surface area (Å²) in [5, 5.41) is 17.8. The number of anilines is 1. The number of aryl methyl sites for hydroxylation is 1. The van der Waals surface area contributed by atoms with Gasteiger partial charge in [0, 0.05) is 19.0 Å². The molecule has 0 radical (unpaired) electrons. The number of rotatable bonds is 9. The first-order chi connectivity index (χ1) is 12.5. The van der Waals surface area contributed by atoms with Crippen LogP contribution in [0, 0.1) is 17.2 Å². The molecule has 0 aliphatic heterocycles. The standard InChI is InChI=1S/C21H27N3OS/c1-4-5-16-6-8-17(9-7-16)20(15(2)3)23-12-10-19(25)24-21-18(14-22)11-13-26-21/h6-9,11,13,15,20,23H,4-5,10,12H2,1-3H3,(H,24,25). The van der Waals surface area contributed by atoms with Gasteiger partial charge >= 0.3 is 0 Å². The lowest BCUT2D eigenvalue weighted by atomic mass is 9.94. The number of thiophene rings is 1. The zero-order valence-electron chi connectivity index (χ0n) is 15.7. The van der Waals surface area contributed by atoms with Crippen LogP contribution in [0.5, 0.6) is 0 Å². The highest BCUT2D eigenvalue weighted by atomic mass is 32.1. The quantitative estimate of drug-likeness (QED) is 0.661. The van der Waals surface area contributed by atoms with Crippen LogP contribution >= 0.6 is 11.3 Å². The monoisotopic (exact) mass is 369 g/mol. The molecule has 1 aromatic heterocycles. The van der Waals surface area contributed by atoms with E-state index in [0.29, 0.717) is 29.4 Å². The van der Waals surface area contributed by atoms with Gasteiger partial charge in [0.05, 0.1) is 5.56 Å². The molecule has 2 N–H and O–H groups in total. The van der Waals surface area contributed by atoms with E-state index in [1.54, 1.807) is 6.07 Å². The zero-order valence-corrected chi connectivity index (χ0v) is 16.5. The van der Waals surface area contributed by atoms with Gasteiger partial charge in [-0.05, 0) is 34.9 Å². The summed E-state index contributed by atoms with van der Waals surface area (Å²) in [6.07, 6.45) is 2.63. The van der Waals surface area contributed by atoms with Gasteiger partial charge in [0.1, 0.15) is 11.1 Å². The van der Waals surface area contributed by atoms with E-state index in [9.17, 15) is 4.79 Å². The van der Waals surface area contributed by atoms with E-state index in [1.165, 1.54) is 22.5 Å². The van der Waals surface area contributed by atoms with Gasteiger partial charge in [-0.3, -0.25) is 4.79 Å². The molecule has 1 heterocycles. The second-order valence-electron chi connectivity index (χ2n) is 6.74. The molecule has 1 unspecified atom stereocenters. The Morgan fingerprint density at radius 1 is 1.23 bits per heavy atom. The fourth-order valence-corrected chi connectivity index (χ4v) is 3.70. The number of nitrogens with zero attached hydrogens (tertiary/aromatic N) is 1. The SMILES string of the molecule is CCCc1ccc(C(NCCC(=O)Nc2sccc2C#N)C(C)C)cc1. The average Bonchev–Trinajstić information content (AvgIpc) is 3.06. The highest BCUT2D eigenvalue weighted by Crippen LogP contribution is 2.23. The third kappa shape index (κ3) is 5.69. The van der Waals surface area contributed by atoms with Crippen LogP contribution in [0.3, 0.4) is 0 Å². The van der Waals surface area contributed by atoms with Crippen molar-refractivity contribution in [3.63, 3.8) is 0 Å². The normalized spacial score (nSPS) is 12.0. The Morgan fingerprint density at radius 3 is 2.58 bits per heavy atom. The van der Waals surface area contributed by atoms with E-state index in [4.69, 9.17) is 5.26 Å². The molecule has 0 aliphatic carbocycles. The van der Waals surface area contributed by atoms with Crippen molar-refractivity contribution in [2.75, 3.05) is 11.9 Å². The Labute approximate surface area is 160 Å². The van der Waals surface area contributed by atoms with Crippen molar-refractivity contribution in [2.45, 2.75) is 46.1 Å². The fourth-order valence-electron chi connectivity index (χ4n) is 2.94. The van der Waals surface area contributed by atoms with Gasteiger partial charge in [-0.15, -0.1) is 11.3 Å². The number of benzene rings is 1. The first-order valence-electron chi connectivity index (χ1n) is 9.14. The van der Waals surface area contributed by atoms with E-state index in [0.717, 1.165) is 12.8 Å². The van der Waals surface area contributed by atoms with E-state index >= 15 is 0 Å². The Bertz CT molecular complexity index is 743. The van der Waals surface area contributed by atoms with Crippen LogP contribution in [0.15, 0.2) is 35.7 Å². The highest BCUT2D eigenvalue weighted by Gasteiger charge is 2.16. The number of carbonyl (C=O) groups excluding carboxylic acids is 1. The molecule has 0 fully saturated rings. The van der Waals surface area contributed by atoms with Gasteiger partial charge < -0.3 is 10.6 Å². The number of nitriles is 1. The van der Waals surface area contributed by atoms with E-state index in [2.05, 4.69) is 61.7 Å². The first-order valence-corrected chi connectivity index (χ1v) is 10.0. The van der Waals surface area contributed by atoms with Gasteiger partial charge in [0.25, 0.3) is 0 Å². The predicted molar refractivity (Wildman–Crippen MR) is 108 cm³/mol. The van der Waals surface area contributed by atoms with Crippen molar-refractivity contribution >= 4 is 22.2 Å². The molecule has 5 heteroatoms. The predicted octanol–water partition coefficient (Wildman–Crippen LogP) is 4.89. The molecule has 138 valence electrons. The van der Waals surface area contributed by atoms with Crippen molar-refractivity contribution in [3.8, 4) is 6.07 Å². The fraction of sp³-hybridized carbons (Fsp3) is 0.429. The van der Waals surface area contributed by atoms with Gasteiger partial charge in [0.15, 0.2) is 0 Å². The summed E-state index contributed by atoms with van der Waals surface area (Å²) >= 11 is 1.37. The minimum Gasteiger partial charge on any atom is -0.317 e. The average molecular weight is 370 g/mol. The minimum atomic E-state index is -0.0720. The van der Waals surface area contributed by atoms with Crippen molar-refractivity contribution in [1.29, 1.82) is 5.26 Å². The van der Waals surface area contributed by atoms with Crippen molar-refractivity contribution in [1.82, 2.24) is 5.32 Å². The third-order valence-corrected chi connectivity index (χ3v) is 5.13. The van der Waals surface area contributed by atoms with Gasteiger partial charge in [-0.25, -0.2) is 0 Å². The summed E-state index contributed by atoms with van der Waals surface area (Å²) in [6.45, 7) is 7.15. The van der Waals surface area contributed by atoms with Crippen LogP contribution < -0.4 is 10.6 Å². The number of nitrogens with one attached hydrogen (secondary N) is 2. The van der Waals surface area contributed by atoms with Crippen molar-refractivity contribution in [2.24, 2.45) is 5.92 Å². The molecular formula is C21H27N3OS. The Kier molecular flexibility index (Phi) is 7.83. The lowest BCUT2D eigenvalue weighted by Crippen LogP contribution is -2.29. The Hall–Kier alpha value is -2.16. The minimum absolute atomic E-state index is 0.0720. The Morgan fingerprint density at radius 2 is 1.96 bits per heavy atom. The van der Waals surface area contributed by atoms with Crippen LogP contribution in [-0.2, 0) is 11.2 Å². The molecular weight excluding hydrogens is 342 g/mol. The molecule has 2 aromatic rings. The highest BCUT2D eigenvalue weighted by molar-refractivity contribution is 7.14. The van der Waals surface area contributed by atoms with E-state index in [1.807, 2.05) is 5.38 Å². The lowest BCUT2D eigenvalue weighted by Gasteiger charge is -2.23. The number of amides is 1. The zero-order chi connectivity index (χ0) is 18.9.